The smallest absolute Gasteiger partial charge is 0.331 e. The Kier molecular flexibility index (Phi) is 7.66. The lowest BCUT2D eigenvalue weighted by atomic mass is 9.99. The molecule has 1 atom stereocenters. The van der Waals surface area contributed by atoms with Crippen LogP contribution in [-0.2, 0) is 14.3 Å². The molecule has 0 aliphatic carbocycles. The average Bonchev–Trinajstić information content (AvgIpc) is 2.35. The van der Waals surface area contributed by atoms with E-state index in [1.807, 2.05) is 0 Å². The Morgan fingerprint density at radius 2 is 2.06 bits per heavy atom. The summed E-state index contributed by atoms with van der Waals surface area (Å²) < 4.78 is 4.65. The number of carbonyl (C=O) groups excluding carboxylic acids is 1. The van der Waals surface area contributed by atoms with Crippen LogP contribution in [0.4, 0.5) is 0 Å². The van der Waals surface area contributed by atoms with Crippen molar-refractivity contribution in [3.8, 4) is 0 Å². The predicted molar refractivity (Wildman–Crippen MR) is 63.8 cm³/mol. The first kappa shape index (κ1) is 16.3. The lowest BCUT2D eigenvalue weighted by molar-refractivity contribution is -0.140. The SMILES string of the molecule is C=CC(=O)OCC(O)C(CCCO)=C(C)C(=O)O. The van der Waals surface area contributed by atoms with Crippen LogP contribution in [-0.4, -0.2) is 46.6 Å². The number of hydrogen-bond acceptors (Lipinski definition) is 5. The number of carboxylic acid groups (broad SMARTS) is 1. The lowest BCUT2D eigenvalue weighted by Gasteiger charge is -2.16. The van der Waals surface area contributed by atoms with E-state index in [1.165, 1.54) is 6.92 Å². The summed E-state index contributed by atoms with van der Waals surface area (Å²) in [5.74, 6) is -1.85. The van der Waals surface area contributed by atoms with Crippen LogP contribution in [0.2, 0.25) is 0 Å². The van der Waals surface area contributed by atoms with Crippen LogP contribution in [0.25, 0.3) is 0 Å². The van der Waals surface area contributed by atoms with E-state index in [0.29, 0.717) is 6.42 Å². The van der Waals surface area contributed by atoms with Crippen molar-refractivity contribution in [2.24, 2.45) is 0 Å². The van der Waals surface area contributed by atoms with Crippen molar-refractivity contribution in [1.82, 2.24) is 0 Å². The topological polar surface area (TPSA) is 104 Å². The molecular formula is C12H18O6. The van der Waals surface area contributed by atoms with Gasteiger partial charge in [0, 0.05) is 18.3 Å². The summed E-state index contributed by atoms with van der Waals surface area (Å²) in [7, 11) is 0. The van der Waals surface area contributed by atoms with Gasteiger partial charge in [0.2, 0.25) is 0 Å². The zero-order valence-corrected chi connectivity index (χ0v) is 10.3. The predicted octanol–water partition coefficient (Wildman–Crippen LogP) is 0.250. The third kappa shape index (κ3) is 5.60. The van der Waals surface area contributed by atoms with E-state index in [2.05, 4.69) is 11.3 Å². The molecule has 0 aliphatic heterocycles. The van der Waals surface area contributed by atoms with Gasteiger partial charge in [0.25, 0.3) is 0 Å². The molecule has 3 N–H and O–H groups in total. The third-order valence-electron chi connectivity index (χ3n) is 2.36. The maximum atomic E-state index is 10.8. The molecule has 0 saturated carbocycles. The summed E-state index contributed by atoms with van der Waals surface area (Å²) in [6, 6.07) is 0. The van der Waals surface area contributed by atoms with E-state index < -0.39 is 18.0 Å². The number of aliphatic hydroxyl groups excluding tert-OH is 2. The minimum atomic E-state index is -1.20. The Morgan fingerprint density at radius 3 is 2.50 bits per heavy atom. The van der Waals surface area contributed by atoms with Gasteiger partial charge in [-0.2, -0.15) is 0 Å². The van der Waals surface area contributed by atoms with Crippen LogP contribution < -0.4 is 0 Å². The molecule has 0 aliphatic rings. The van der Waals surface area contributed by atoms with Crippen molar-refractivity contribution in [1.29, 1.82) is 0 Å². The minimum absolute atomic E-state index is 0.00870. The number of hydrogen-bond donors (Lipinski definition) is 3. The van der Waals surface area contributed by atoms with Crippen molar-refractivity contribution in [2.45, 2.75) is 25.9 Å². The van der Waals surface area contributed by atoms with Crippen LogP contribution in [0.15, 0.2) is 23.8 Å². The van der Waals surface area contributed by atoms with Gasteiger partial charge in [-0.1, -0.05) is 6.58 Å². The van der Waals surface area contributed by atoms with Crippen LogP contribution >= 0.6 is 0 Å². The monoisotopic (exact) mass is 258 g/mol. The second-order valence-corrected chi connectivity index (χ2v) is 3.63. The highest BCUT2D eigenvalue weighted by molar-refractivity contribution is 5.87. The number of esters is 1. The molecule has 6 heteroatoms. The highest BCUT2D eigenvalue weighted by atomic mass is 16.5. The van der Waals surface area contributed by atoms with E-state index in [0.717, 1.165) is 6.08 Å². The van der Waals surface area contributed by atoms with Crippen molar-refractivity contribution < 1.29 is 29.6 Å². The molecule has 0 heterocycles. The first-order chi connectivity index (χ1) is 8.43. The summed E-state index contributed by atoms with van der Waals surface area (Å²) in [5, 5.41) is 27.4. The zero-order valence-electron chi connectivity index (χ0n) is 10.3. The number of aliphatic hydroxyl groups is 2. The fourth-order valence-electron chi connectivity index (χ4n) is 1.33. The van der Waals surface area contributed by atoms with Gasteiger partial charge in [-0.05, 0) is 25.3 Å². The molecule has 0 fully saturated rings. The van der Waals surface area contributed by atoms with Crippen LogP contribution in [0, 0.1) is 0 Å². The second-order valence-electron chi connectivity index (χ2n) is 3.63. The van der Waals surface area contributed by atoms with Gasteiger partial charge in [-0.25, -0.2) is 9.59 Å². The molecule has 18 heavy (non-hydrogen) atoms. The summed E-state index contributed by atoms with van der Waals surface area (Å²) in [6.07, 6.45) is 0.304. The number of carboxylic acids is 1. The van der Waals surface area contributed by atoms with Gasteiger partial charge in [-0.3, -0.25) is 0 Å². The normalized spacial score (nSPS) is 13.5. The average molecular weight is 258 g/mol. The number of rotatable bonds is 8. The Hall–Kier alpha value is -1.66. The van der Waals surface area contributed by atoms with Gasteiger partial charge in [0.1, 0.15) is 12.7 Å². The Morgan fingerprint density at radius 1 is 1.44 bits per heavy atom. The molecule has 102 valence electrons. The van der Waals surface area contributed by atoms with Crippen molar-refractivity contribution >= 4 is 11.9 Å². The summed E-state index contributed by atoms with van der Waals surface area (Å²) in [5.41, 5.74) is 0.235. The van der Waals surface area contributed by atoms with Gasteiger partial charge >= 0.3 is 11.9 Å². The molecule has 0 rings (SSSR count). The first-order valence-electron chi connectivity index (χ1n) is 5.45. The maximum absolute atomic E-state index is 10.8. The van der Waals surface area contributed by atoms with E-state index in [1.54, 1.807) is 0 Å². The van der Waals surface area contributed by atoms with E-state index in [4.69, 9.17) is 10.2 Å². The van der Waals surface area contributed by atoms with Gasteiger partial charge in [0.05, 0.1) is 0 Å². The van der Waals surface area contributed by atoms with E-state index in [9.17, 15) is 14.7 Å². The standard InChI is InChI=1S/C12H18O6/c1-3-11(15)18-7-10(14)9(5-4-6-13)8(2)12(16)17/h3,10,13-14H,1,4-7H2,2H3,(H,16,17). The molecule has 6 nitrogen and oxygen atoms in total. The summed E-state index contributed by atoms with van der Waals surface area (Å²) in [6.45, 7) is 4.10. The molecule has 0 radical (unpaired) electrons. The highest BCUT2D eigenvalue weighted by Gasteiger charge is 2.18. The number of aliphatic carboxylic acids is 1. The molecule has 0 aromatic heterocycles. The van der Waals surface area contributed by atoms with Crippen LogP contribution in [0.3, 0.4) is 0 Å². The molecular weight excluding hydrogens is 240 g/mol. The molecule has 0 amide bonds. The van der Waals surface area contributed by atoms with Crippen molar-refractivity contribution in [3.63, 3.8) is 0 Å². The summed E-state index contributed by atoms with van der Waals surface area (Å²) >= 11 is 0. The molecule has 0 aromatic rings. The van der Waals surface area contributed by atoms with Crippen LogP contribution in [0.5, 0.6) is 0 Å². The summed E-state index contributed by atoms with van der Waals surface area (Å²) in [4.78, 5) is 21.7. The first-order valence-corrected chi connectivity index (χ1v) is 5.45. The van der Waals surface area contributed by atoms with Gasteiger partial charge < -0.3 is 20.1 Å². The lowest BCUT2D eigenvalue weighted by Crippen LogP contribution is -2.23. The Labute approximate surface area is 105 Å². The zero-order chi connectivity index (χ0) is 14.1. The number of carbonyl (C=O) groups is 2. The van der Waals surface area contributed by atoms with Gasteiger partial charge in [-0.15, -0.1) is 0 Å². The quantitative estimate of drug-likeness (QED) is 0.426. The van der Waals surface area contributed by atoms with E-state index in [-0.39, 0.29) is 30.8 Å². The van der Waals surface area contributed by atoms with Crippen molar-refractivity contribution in [3.05, 3.63) is 23.8 Å². The molecule has 0 spiro atoms. The molecule has 0 saturated heterocycles. The molecule has 0 aromatic carbocycles. The fraction of sp³-hybridized carbons (Fsp3) is 0.500. The Bertz CT molecular complexity index is 344. The third-order valence-corrected chi connectivity index (χ3v) is 2.36. The Balaban J connectivity index is 4.75. The largest absolute Gasteiger partial charge is 0.478 e. The van der Waals surface area contributed by atoms with Crippen LogP contribution in [0.1, 0.15) is 19.8 Å². The molecule has 0 bridgehead atoms. The van der Waals surface area contributed by atoms with E-state index >= 15 is 0 Å². The molecule has 1 unspecified atom stereocenters. The fourth-order valence-corrected chi connectivity index (χ4v) is 1.33. The maximum Gasteiger partial charge on any atom is 0.331 e. The van der Waals surface area contributed by atoms with Gasteiger partial charge in [0.15, 0.2) is 0 Å². The highest BCUT2D eigenvalue weighted by Crippen LogP contribution is 2.16. The second kappa shape index (κ2) is 8.43. The minimum Gasteiger partial charge on any atom is -0.478 e. The number of ether oxygens (including phenoxy) is 1. The van der Waals surface area contributed by atoms with Crippen molar-refractivity contribution in [2.75, 3.05) is 13.2 Å².